The fraction of sp³-hybridized carbons (Fsp3) is 0.412. The second kappa shape index (κ2) is 6.52. The van der Waals surface area contributed by atoms with Gasteiger partial charge in [-0.3, -0.25) is 9.67 Å². The molecule has 0 amide bonds. The summed E-state index contributed by atoms with van der Waals surface area (Å²) in [6.45, 7) is 2.73. The number of aryl methyl sites for hydroxylation is 1. The van der Waals surface area contributed by atoms with Crippen LogP contribution < -0.4 is 10.1 Å². The summed E-state index contributed by atoms with van der Waals surface area (Å²) >= 11 is 0. The number of nitrogens with zero attached hydrogens (tertiary/aromatic N) is 5. The van der Waals surface area contributed by atoms with Crippen LogP contribution in [0.1, 0.15) is 12.8 Å². The molecule has 0 aromatic carbocycles. The molecule has 4 heterocycles. The summed E-state index contributed by atoms with van der Waals surface area (Å²) in [4.78, 5) is 13.5. The van der Waals surface area contributed by atoms with Crippen molar-refractivity contribution in [2.45, 2.75) is 12.8 Å². The van der Waals surface area contributed by atoms with Gasteiger partial charge in [-0.25, -0.2) is 9.97 Å². The van der Waals surface area contributed by atoms with Crippen molar-refractivity contribution in [2.75, 3.05) is 19.7 Å². The molecule has 3 aromatic rings. The Hall–Kier alpha value is -2.54. The van der Waals surface area contributed by atoms with E-state index in [0.29, 0.717) is 23.9 Å². The van der Waals surface area contributed by atoms with Gasteiger partial charge in [0.25, 0.3) is 0 Å². The Morgan fingerprint density at radius 3 is 3.04 bits per heavy atom. The summed E-state index contributed by atoms with van der Waals surface area (Å²) in [5.74, 6) is 1.05. The van der Waals surface area contributed by atoms with Gasteiger partial charge in [0.2, 0.25) is 5.88 Å². The second-order valence-electron chi connectivity index (χ2n) is 6.16. The first-order valence-electron chi connectivity index (χ1n) is 8.24. The van der Waals surface area contributed by atoms with Gasteiger partial charge in [0.05, 0.1) is 24.0 Å². The van der Waals surface area contributed by atoms with Crippen LogP contribution in [0.5, 0.6) is 5.88 Å². The Labute approximate surface area is 140 Å². The van der Waals surface area contributed by atoms with E-state index in [1.165, 1.54) is 12.8 Å². The maximum atomic E-state index is 6.05. The number of rotatable bonds is 4. The molecule has 0 aliphatic carbocycles. The van der Waals surface area contributed by atoms with Crippen LogP contribution in [0.25, 0.3) is 22.3 Å². The van der Waals surface area contributed by atoms with Gasteiger partial charge in [-0.15, -0.1) is 0 Å². The van der Waals surface area contributed by atoms with Crippen LogP contribution in [-0.2, 0) is 7.05 Å². The van der Waals surface area contributed by atoms with Crippen molar-refractivity contribution in [3.8, 4) is 17.1 Å². The molecule has 0 radical (unpaired) electrons. The van der Waals surface area contributed by atoms with E-state index in [0.717, 1.165) is 29.9 Å². The van der Waals surface area contributed by atoms with Gasteiger partial charge in [-0.05, 0) is 25.5 Å². The monoisotopic (exact) mass is 324 g/mol. The van der Waals surface area contributed by atoms with Crippen molar-refractivity contribution >= 4 is 11.0 Å². The summed E-state index contributed by atoms with van der Waals surface area (Å²) in [6, 6.07) is 1.92. The molecule has 1 fully saturated rings. The standard InChI is InChI=1S/C17H20N6O/c1-23-10-13(9-21-23)14-7-15-16(20-6-5-19-15)17(22-14)24-11-12-3-2-4-18-8-12/h5-7,9-10,12,18H,2-4,8,11H2,1H3. The van der Waals surface area contributed by atoms with Crippen LogP contribution in [0.2, 0.25) is 0 Å². The van der Waals surface area contributed by atoms with E-state index in [9.17, 15) is 0 Å². The van der Waals surface area contributed by atoms with Crippen molar-refractivity contribution in [2.24, 2.45) is 13.0 Å². The Bertz CT molecular complexity index is 840. The summed E-state index contributed by atoms with van der Waals surface area (Å²) in [5.41, 5.74) is 3.22. The van der Waals surface area contributed by atoms with Gasteiger partial charge in [0.1, 0.15) is 0 Å². The molecule has 7 heteroatoms. The van der Waals surface area contributed by atoms with Crippen LogP contribution in [0.3, 0.4) is 0 Å². The first-order chi connectivity index (χ1) is 11.8. The summed E-state index contributed by atoms with van der Waals surface area (Å²) in [7, 11) is 1.89. The highest BCUT2D eigenvalue weighted by Crippen LogP contribution is 2.27. The van der Waals surface area contributed by atoms with Crippen molar-refractivity contribution in [1.29, 1.82) is 0 Å². The number of hydrogen-bond donors (Lipinski definition) is 1. The van der Waals surface area contributed by atoms with Gasteiger partial charge in [0, 0.05) is 43.7 Å². The van der Waals surface area contributed by atoms with E-state index in [2.05, 4.69) is 25.4 Å². The normalized spacial score (nSPS) is 18.0. The lowest BCUT2D eigenvalue weighted by Crippen LogP contribution is -2.33. The van der Waals surface area contributed by atoms with E-state index in [1.807, 2.05) is 19.3 Å². The molecule has 1 unspecified atom stereocenters. The number of fused-ring (bicyclic) bond motifs is 1. The number of piperidine rings is 1. The van der Waals surface area contributed by atoms with Crippen LogP contribution in [0, 0.1) is 5.92 Å². The zero-order valence-electron chi connectivity index (χ0n) is 13.6. The van der Waals surface area contributed by atoms with Gasteiger partial charge in [-0.1, -0.05) is 0 Å². The predicted octanol–water partition coefficient (Wildman–Crippen LogP) is 1.80. The minimum absolute atomic E-state index is 0.509. The van der Waals surface area contributed by atoms with E-state index < -0.39 is 0 Å². The minimum Gasteiger partial charge on any atom is -0.476 e. The number of nitrogens with one attached hydrogen (secondary N) is 1. The summed E-state index contributed by atoms with van der Waals surface area (Å²) in [6.07, 6.45) is 9.45. The van der Waals surface area contributed by atoms with Crippen LogP contribution in [0.15, 0.2) is 30.9 Å². The average molecular weight is 324 g/mol. The first-order valence-corrected chi connectivity index (χ1v) is 8.24. The Morgan fingerprint density at radius 1 is 1.33 bits per heavy atom. The van der Waals surface area contributed by atoms with E-state index in [4.69, 9.17) is 4.74 Å². The zero-order valence-corrected chi connectivity index (χ0v) is 13.6. The molecule has 1 N–H and O–H groups in total. The molecule has 1 saturated heterocycles. The molecular formula is C17H20N6O. The first kappa shape index (κ1) is 15.0. The number of aromatic nitrogens is 5. The SMILES string of the molecule is Cn1cc(-c2cc3nccnc3c(OCC3CCCNC3)n2)cn1. The highest BCUT2D eigenvalue weighted by molar-refractivity contribution is 5.83. The van der Waals surface area contributed by atoms with Gasteiger partial charge >= 0.3 is 0 Å². The van der Waals surface area contributed by atoms with Crippen LogP contribution >= 0.6 is 0 Å². The molecule has 1 aliphatic rings. The third-order valence-corrected chi connectivity index (χ3v) is 4.28. The van der Waals surface area contributed by atoms with E-state index in [-0.39, 0.29) is 0 Å². The number of ether oxygens (including phenoxy) is 1. The quantitative estimate of drug-likeness (QED) is 0.788. The van der Waals surface area contributed by atoms with E-state index >= 15 is 0 Å². The lowest BCUT2D eigenvalue weighted by Gasteiger charge is -2.22. The van der Waals surface area contributed by atoms with Crippen molar-refractivity contribution in [1.82, 2.24) is 30.0 Å². The summed E-state index contributed by atoms with van der Waals surface area (Å²) < 4.78 is 7.80. The lowest BCUT2D eigenvalue weighted by molar-refractivity contribution is 0.214. The molecule has 0 saturated carbocycles. The Kier molecular flexibility index (Phi) is 4.08. The molecule has 7 nitrogen and oxygen atoms in total. The molecule has 124 valence electrons. The molecule has 3 aromatic heterocycles. The zero-order chi connectivity index (χ0) is 16.4. The van der Waals surface area contributed by atoms with Crippen LogP contribution in [0.4, 0.5) is 0 Å². The topological polar surface area (TPSA) is 77.8 Å². The molecule has 0 bridgehead atoms. The number of pyridine rings is 1. The second-order valence-corrected chi connectivity index (χ2v) is 6.16. The third kappa shape index (κ3) is 3.07. The van der Waals surface area contributed by atoms with Gasteiger partial charge in [0.15, 0.2) is 5.52 Å². The largest absolute Gasteiger partial charge is 0.476 e. The molecule has 24 heavy (non-hydrogen) atoms. The predicted molar refractivity (Wildman–Crippen MR) is 90.6 cm³/mol. The third-order valence-electron chi connectivity index (χ3n) is 4.28. The Morgan fingerprint density at radius 2 is 2.25 bits per heavy atom. The van der Waals surface area contributed by atoms with Crippen LogP contribution in [-0.4, -0.2) is 44.4 Å². The fourth-order valence-corrected chi connectivity index (χ4v) is 3.01. The van der Waals surface area contributed by atoms with Gasteiger partial charge in [-0.2, -0.15) is 5.10 Å². The number of hydrogen-bond acceptors (Lipinski definition) is 6. The Balaban J connectivity index is 1.66. The highest BCUT2D eigenvalue weighted by Gasteiger charge is 2.16. The minimum atomic E-state index is 0.509. The van der Waals surface area contributed by atoms with E-state index in [1.54, 1.807) is 23.3 Å². The van der Waals surface area contributed by atoms with Crippen molar-refractivity contribution in [3.63, 3.8) is 0 Å². The molecule has 4 rings (SSSR count). The maximum Gasteiger partial charge on any atom is 0.242 e. The van der Waals surface area contributed by atoms with Gasteiger partial charge < -0.3 is 10.1 Å². The molecular weight excluding hydrogens is 304 g/mol. The summed E-state index contributed by atoms with van der Waals surface area (Å²) in [5, 5.41) is 7.62. The maximum absolute atomic E-state index is 6.05. The molecule has 0 spiro atoms. The lowest BCUT2D eigenvalue weighted by atomic mass is 10.0. The molecule has 1 atom stereocenters. The van der Waals surface area contributed by atoms with Crippen molar-refractivity contribution in [3.05, 3.63) is 30.9 Å². The average Bonchev–Trinajstić information content (AvgIpc) is 3.07. The fourth-order valence-electron chi connectivity index (χ4n) is 3.01. The van der Waals surface area contributed by atoms with Crippen molar-refractivity contribution < 1.29 is 4.74 Å². The molecule has 1 aliphatic heterocycles. The highest BCUT2D eigenvalue weighted by atomic mass is 16.5. The smallest absolute Gasteiger partial charge is 0.242 e.